The number of methoxy groups -OCH3 is 1. The van der Waals surface area contributed by atoms with Gasteiger partial charge in [-0.25, -0.2) is 0 Å². The largest absolute Gasteiger partial charge is 0.494 e. The Morgan fingerprint density at radius 3 is 2.74 bits per heavy atom. The molecule has 144 valence electrons. The molecule has 0 N–H and O–H groups in total. The van der Waals surface area contributed by atoms with Gasteiger partial charge in [-0.2, -0.15) is 4.98 Å². The van der Waals surface area contributed by atoms with Gasteiger partial charge in [0.25, 0.3) is 0 Å². The molecule has 1 aromatic heterocycles. The van der Waals surface area contributed by atoms with E-state index < -0.39 is 0 Å². The van der Waals surface area contributed by atoms with Gasteiger partial charge in [-0.05, 0) is 37.5 Å². The number of hydrogen-bond acceptors (Lipinski definition) is 6. The van der Waals surface area contributed by atoms with Crippen molar-refractivity contribution >= 4 is 5.91 Å². The average Bonchev–Trinajstić information content (AvgIpc) is 2.70. The van der Waals surface area contributed by atoms with Crippen molar-refractivity contribution in [2.24, 2.45) is 0 Å². The van der Waals surface area contributed by atoms with Crippen molar-refractivity contribution < 1.29 is 19.0 Å². The Kier molecular flexibility index (Phi) is 6.46. The molecule has 1 atom stereocenters. The molecule has 7 heteroatoms. The van der Waals surface area contributed by atoms with Gasteiger partial charge < -0.3 is 19.1 Å². The average molecular weight is 371 g/mol. The molecule has 1 fully saturated rings. The molecule has 0 radical (unpaired) electrons. The third-order valence-corrected chi connectivity index (χ3v) is 4.41. The summed E-state index contributed by atoms with van der Waals surface area (Å²) in [5, 5.41) is 0. The molecule has 0 saturated carbocycles. The van der Waals surface area contributed by atoms with Crippen LogP contribution in [0.3, 0.4) is 0 Å². The molecule has 1 amide bonds. The lowest BCUT2D eigenvalue weighted by molar-refractivity contribution is -0.133. The van der Waals surface area contributed by atoms with Crippen LogP contribution < -0.4 is 14.2 Å². The van der Waals surface area contributed by atoms with E-state index in [0.29, 0.717) is 31.3 Å². The maximum Gasteiger partial charge on any atom is 0.235 e. The summed E-state index contributed by atoms with van der Waals surface area (Å²) in [7, 11) is 1.54. The highest BCUT2D eigenvalue weighted by molar-refractivity contribution is 5.79. The minimum atomic E-state index is -0.0931. The number of ether oxygens (including phenoxy) is 3. The first-order chi connectivity index (χ1) is 13.2. The van der Waals surface area contributed by atoms with Gasteiger partial charge in [-0.15, -0.1) is 0 Å². The zero-order valence-electron chi connectivity index (χ0n) is 15.8. The molecule has 1 unspecified atom stereocenters. The smallest absolute Gasteiger partial charge is 0.235 e. The summed E-state index contributed by atoms with van der Waals surface area (Å²) >= 11 is 0. The molecular formula is C20H25N3O4. The Hall–Kier alpha value is -2.83. The highest BCUT2D eigenvalue weighted by atomic mass is 16.5. The molecule has 2 heterocycles. The van der Waals surface area contributed by atoms with Crippen LogP contribution >= 0.6 is 0 Å². The van der Waals surface area contributed by atoms with Crippen molar-refractivity contribution in [1.82, 2.24) is 14.9 Å². The standard InChI is InChI=1S/C20H25N3O4/c1-3-26-16-8-6-15(7-9-16)11-20(24)23-10-4-5-17(14-23)27-19-13-21-12-18(22-19)25-2/h6-9,12-13,17H,3-5,10-11,14H2,1-2H3. The molecule has 1 aliphatic heterocycles. The van der Waals surface area contributed by atoms with Crippen molar-refractivity contribution in [2.45, 2.75) is 32.3 Å². The molecule has 1 saturated heterocycles. The zero-order chi connectivity index (χ0) is 19.1. The number of rotatable bonds is 7. The minimum Gasteiger partial charge on any atom is -0.494 e. The second kappa shape index (κ2) is 9.21. The van der Waals surface area contributed by atoms with Gasteiger partial charge in [0.2, 0.25) is 17.7 Å². The number of piperidine rings is 1. The topological polar surface area (TPSA) is 73.8 Å². The van der Waals surface area contributed by atoms with Crippen molar-refractivity contribution in [3.8, 4) is 17.5 Å². The van der Waals surface area contributed by atoms with E-state index in [2.05, 4.69) is 9.97 Å². The van der Waals surface area contributed by atoms with Crippen molar-refractivity contribution in [3.05, 3.63) is 42.2 Å². The highest BCUT2D eigenvalue weighted by Crippen LogP contribution is 2.19. The van der Waals surface area contributed by atoms with Crippen LogP contribution in [0.4, 0.5) is 0 Å². The number of benzene rings is 1. The fourth-order valence-electron chi connectivity index (χ4n) is 3.07. The number of carbonyl (C=O) groups excluding carboxylic acids is 1. The second-order valence-corrected chi connectivity index (χ2v) is 6.38. The van der Waals surface area contributed by atoms with Gasteiger partial charge in [0.1, 0.15) is 11.9 Å². The van der Waals surface area contributed by atoms with Crippen LogP contribution in [-0.2, 0) is 11.2 Å². The van der Waals surface area contributed by atoms with Crippen LogP contribution in [0.2, 0.25) is 0 Å². The first-order valence-corrected chi connectivity index (χ1v) is 9.20. The van der Waals surface area contributed by atoms with E-state index in [1.54, 1.807) is 6.20 Å². The summed E-state index contributed by atoms with van der Waals surface area (Å²) in [5.41, 5.74) is 0.977. The van der Waals surface area contributed by atoms with E-state index in [0.717, 1.165) is 30.7 Å². The van der Waals surface area contributed by atoms with Crippen LogP contribution in [0.25, 0.3) is 0 Å². The number of aromatic nitrogens is 2. The SMILES string of the molecule is CCOc1ccc(CC(=O)N2CCCC(Oc3cncc(OC)n3)C2)cc1. The normalized spacial score (nSPS) is 16.7. The molecule has 1 aliphatic rings. The predicted molar refractivity (Wildman–Crippen MR) is 100 cm³/mol. The first-order valence-electron chi connectivity index (χ1n) is 9.20. The number of likely N-dealkylation sites (tertiary alicyclic amines) is 1. The Bertz CT molecular complexity index is 751. The van der Waals surface area contributed by atoms with Gasteiger partial charge in [0, 0.05) is 6.54 Å². The van der Waals surface area contributed by atoms with Gasteiger partial charge in [0.15, 0.2) is 0 Å². The van der Waals surface area contributed by atoms with Gasteiger partial charge >= 0.3 is 0 Å². The summed E-state index contributed by atoms with van der Waals surface area (Å²) in [6, 6.07) is 7.67. The number of nitrogens with zero attached hydrogens (tertiary/aromatic N) is 3. The van der Waals surface area contributed by atoms with Gasteiger partial charge in [-0.3, -0.25) is 9.78 Å². The van der Waals surface area contributed by atoms with Crippen LogP contribution in [0.5, 0.6) is 17.5 Å². The van der Waals surface area contributed by atoms with E-state index in [1.165, 1.54) is 13.3 Å². The first kappa shape index (κ1) is 18.9. The van der Waals surface area contributed by atoms with Crippen LogP contribution in [0.1, 0.15) is 25.3 Å². The number of hydrogen-bond donors (Lipinski definition) is 0. The van der Waals surface area contributed by atoms with Crippen LogP contribution in [0.15, 0.2) is 36.7 Å². The van der Waals surface area contributed by atoms with Crippen molar-refractivity contribution in [1.29, 1.82) is 0 Å². The fourth-order valence-corrected chi connectivity index (χ4v) is 3.07. The van der Waals surface area contributed by atoms with E-state index in [-0.39, 0.29) is 12.0 Å². The lowest BCUT2D eigenvalue weighted by Gasteiger charge is -2.32. The third kappa shape index (κ3) is 5.32. The number of amides is 1. The highest BCUT2D eigenvalue weighted by Gasteiger charge is 2.25. The second-order valence-electron chi connectivity index (χ2n) is 6.38. The van der Waals surface area contributed by atoms with Crippen molar-refractivity contribution in [2.75, 3.05) is 26.8 Å². The minimum absolute atomic E-state index is 0.0931. The number of carbonyl (C=O) groups is 1. The Balaban J connectivity index is 1.55. The van der Waals surface area contributed by atoms with E-state index in [4.69, 9.17) is 14.2 Å². The molecule has 0 bridgehead atoms. The van der Waals surface area contributed by atoms with Gasteiger partial charge in [0.05, 0.1) is 39.1 Å². The lowest BCUT2D eigenvalue weighted by atomic mass is 10.1. The van der Waals surface area contributed by atoms with Crippen LogP contribution in [0, 0.1) is 0 Å². The lowest BCUT2D eigenvalue weighted by Crippen LogP contribution is -2.45. The molecular weight excluding hydrogens is 346 g/mol. The molecule has 2 aromatic rings. The van der Waals surface area contributed by atoms with Crippen molar-refractivity contribution in [3.63, 3.8) is 0 Å². The molecule has 7 nitrogen and oxygen atoms in total. The Morgan fingerprint density at radius 2 is 2.00 bits per heavy atom. The summed E-state index contributed by atoms with van der Waals surface area (Å²) in [4.78, 5) is 22.8. The summed E-state index contributed by atoms with van der Waals surface area (Å²) in [5.74, 6) is 1.75. The summed E-state index contributed by atoms with van der Waals surface area (Å²) in [6.45, 7) is 3.88. The maximum atomic E-state index is 12.7. The Morgan fingerprint density at radius 1 is 1.22 bits per heavy atom. The van der Waals surface area contributed by atoms with Crippen LogP contribution in [-0.4, -0.2) is 53.7 Å². The molecule has 27 heavy (non-hydrogen) atoms. The van der Waals surface area contributed by atoms with E-state index in [9.17, 15) is 4.79 Å². The van der Waals surface area contributed by atoms with E-state index >= 15 is 0 Å². The van der Waals surface area contributed by atoms with E-state index in [1.807, 2.05) is 36.1 Å². The summed E-state index contributed by atoms with van der Waals surface area (Å²) in [6.07, 6.45) is 5.15. The Labute approximate surface area is 159 Å². The quantitative estimate of drug-likeness (QED) is 0.745. The molecule has 0 spiro atoms. The summed E-state index contributed by atoms with van der Waals surface area (Å²) < 4.78 is 16.4. The zero-order valence-corrected chi connectivity index (χ0v) is 15.8. The molecule has 3 rings (SSSR count). The predicted octanol–water partition coefficient (Wildman–Crippen LogP) is 2.50. The molecule has 1 aromatic carbocycles. The maximum absolute atomic E-state index is 12.7. The monoisotopic (exact) mass is 371 g/mol. The van der Waals surface area contributed by atoms with Gasteiger partial charge in [-0.1, -0.05) is 12.1 Å². The fraction of sp³-hybridized carbons (Fsp3) is 0.450. The molecule has 0 aliphatic carbocycles. The third-order valence-electron chi connectivity index (χ3n) is 4.41.